The van der Waals surface area contributed by atoms with E-state index in [1.54, 1.807) is 7.11 Å². The Kier molecular flexibility index (Phi) is 1.66. The Morgan fingerprint density at radius 3 is 3.17 bits per heavy atom. The molecular weight excluding hydrogens is 154 g/mol. The molecule has 1 unspecified atom stereocenters. The first-order valence-electron chi connectivity index (χ1n) is 3.88. The first-order valence-corrected chi connectivity index (χ1v) is 3.88. The molecule has 0 fully saturated rings. The molecule has 0 bridgehead atoms. The van der Waals surface area contributed by atoms with E-state index in [4.69, 9.17) is 15.2 Å². The predicted molar refractivity (Wildman–Crippen MR) is 45.4 cm³/mol. The van der Waals surface area contributed by atoms with Crippen molar-refractivity contribution in [2.24, 2.45) is 5.73 Å². The summed E-state index contributed by atoms with van der Waals surface area (Å²) in [4.78, 5) is 0. The maximum Gasteiger partial charge on any atom is 0.128 e. The van der Waals surface area contributed by atoms with Gasteiger partial charge < -0.3 is 15.2 Å². The van der Waals surface area contributed by atoms with Crippen molar-refractivity contribution in [3.05, 3.63) is 23.8 Å². The molecule has 64 valence electrons. The van der Waals surface area contributed by atoms with Crippen LogP contribution in [0.1, 0.15) is 11.6 Å². The summed E-state index contributed by atoms with van der Waals surface area (Å²) < 4.78 is 10.5. The van der Waals surface area contributed by atoms with Gasteiger partial charge in [-0.1, -0.05) is 6.07 Å². The van der Waals surface area contributed by atoms with Crippen LogP contribution in [0.25, 0.3) is 0 Å². The van der Waals surface area contributed by atoms with Crippen LogP contribution in [0.2, 0.25) is 0 Å². The highest BCUT2D eigenvalue weighted by atomic mass is 16.5. The van der Waals surface area contributed by atoms with Crippen LogP contribution in [-0.2, 0) is 0 Å². The fourth-order valence-corrected chi connectivity index (χ4v) is 1.46. The van der Waals surface area contributed by atoms with Crippen LogP contribution in [-0.4, -0.2) is 13.7 Å². The predicted octanol–water partition coefficient (Wildman–Crippen LogP) is 1.09. The molecule has 2 N–H and O–H groups in total. The smallest absolute Gasteiger partial charge is 0.128 e. The van der Waals surface area contributed by atoms with Gasteiger partial charge in [0.25, 0.3) is 0 Å². The minimum Gasteiger partial charge on any atom is -0.496 e. The SMILES string of the molecule is COc1cccc2c1C(N)CO2. The van der Waals surface area contributed by atoms with Crippen LogP contribution < -0.4 is 15.2 Å². The number of fused-ring (bicyclic) bond motifs is 1. The summed E-state index contributed by atoms with van der Waals surface area (Å²) in [5.74, 6) is 1.67. The molecule has 1 aliphatic heterocycles. The van der Waals surface area contributed by atoms with E-state index >= 15 is 0 Å². The van der Waals surface area contributed by atoms with Gasteiger partial charge in [-0.2, -0.15) is 0 Å². The lowest BCUT2D eigenvalue weighted by atomic mass is 10.1. The minimum absolute atomic E-state index is 0.0452. The van der Waals surface area contributed by atoms with Crippen molar-refractivity contribution in [3.8, 4) is 11.5 Å². The Labute approximate surface area is 71.1 Å². The first kappa shape index (κ1) is 7.43. The Hall–Kier alpha value is -1.22. The zero-order valence-corrected chi connectivity index (χ0v) is 6.91. The molecule has 1 aromatic carbocycles. The Bertz CT molecular complexity index is 299. The molecule has 12 heavy (non-hydrogen) atoms. The van der Waals surface area contributed by atoms with E-state index in [-0.39, 0.29) is 6.04 Å². The lowest BCUT2D eigenvalue weighted by Crippen LogP contribution is -2.11. The molecule has 1 aromatic rings. The highest BCUT2D eigenvalue weighted by molar-refractivity contribution is 5.49. The second kappa shape index (κ2) is 2.68. The number of nitrogens with two attached hydrogens (primary N) is 1. The highest BCUT2D eigenvalue weighted by Crippen LogP contribution is 2.37. The largest absolute Gasteiger partial charge is 0.496 e. The third-order valence-corrected chi connectivity index (χ3v) is 2.04. The van der Waals surface area contributed by atoms with Gasteiger partial charge in [-0.15, -0.1) is 0 Å². The summed E-state index contributed by atoms with van der Waals surface area (Å²) in [5.41, 5.74) is 6.80. The van der Waals surface area contributed by atoms with Crippen molar-refractivity contribution in [1.82, 2.24) is 0 Å². The Balaban J connectivity index is 2.53. The standard InChI is InChI=1S/C9H11NO2/c1-11-7-3-2-4-8-9(7)6(10)5-12-8/h2-4,6H,5,10H2,1H3. The highest BCUT2D eigenvalue weighted by Gasteiger charge is 2.23. The fourth-order valence-electron chi connectivity index (χ4n) is 1.46. The topological polar surface area (TPSA) is 44.5 Å². The quantitative estimate of drug-likeness (QED) is 0.677. The number of rotatable bonds is 1. The summed E-state index contributed by atoms with van der Waals surface area (Å²) >= 11 is 0. The molecule has 1 aliphatic rings. The third kappa shape index (κ3) is 0.940. The van der Waals surface area contributed by atoms with Crippen LogP contribution in [0.3, 0.4) is 0 Å². The molecule has 2 rings (SSSR count). The van der Waals surface area contributed by atoms with Crippen LogP contribution in [0.15, 0.2) is 18.2 Å². The van der Waals surface area contributed by atoms with Gasteiger partial charge in [0, 0.05) is 0 Å². The number of ether oxygens (including phenoxy) is 2. The van der Waals surface area contributed by atoms with Crippen molar-refractivity contribution < 1.29 is 9.47 Å². The molecule has 0 amide bonds. The molecule has 1 atom stereocenters. The molecule has 0 radical (unpaired) electrons. The van der Waals surface area contributed by atoms with Gasteiger partial charge in [0.2, 0.25) is 0 Å². The summed E-state index contributed by atoms with van der Waals surface area (Å²) in [5, 5.41) is 0. The van der Waals surface area contributed by atoms with E-state index < -0.39 is 0 Å². The van der Waals surface area contributed by atoms with Crippen LogP contribution >= 0.6 is 0 Å². The van der Waals surface area contributed by atoms with Crippen molar-refractivity contribution in [1.29, 1.82) is 0 Å². The summed E-state index contributed by atoms with van der Waals surface area (Å²) in [6, 6.07) is 5.66. The molecule has 0 spiro atoms. The fraction of sp³-hybridized carbons (Fsp3) is 0.333. The summed E-state index contributed by atoms with van der Waals surface area (Å²) in [7, 11) is 1.64. The van der Waals surface area contributed by atoms with Gasteiger partial charge in [-0.25, -0.2) is 0 Å². The van der Waals surface area contributed by atoms with Gasteiger partial charge in [0.15, 0.2) is 0 Å². The minimum atomic E-state index is -0.0452. The van der Waals surface area contributed by atoms with E-state index in [0.29, 0.717) is 6.61 Å². The van der Waals surface area contributed by atoms with Crippen molar-refractivity contribution in [2.75, 3.05) is 13.7 Å². The second-order valence-corrected chi connectivity index (χ2v) is 2.79. The van der Waals surface area contributed by atoms with E-state index in [2.05, 4.69) is 0 Å². The van der Waals surface area contributed by atoms with E-state index in [1.807, 2.05) is 18.2 Å². The lowest BCUT2D eigenvalue weighted by molar-refractivity contribution is 0.333. The second-order valence-electron chi connectivity index (χ2n) is 2.79. The average Bonchev–Trinajstić information content (AvgIpc) is 2.48. The van der Waals surface area contributed by atoms with Crippen molar-refractivity contribution in [3.63, 3.8) is 0 Å². The maximum absolute atomic E-state index is 5.82. The molecule has 3 nitrogen and oxygen atoms in total. The molecule has 0 saturated heterocycles. The number of hydrogen-bond donors (Lipinski definition) is 1. The van der Waals surface area contributed by atoms with Gasteiger partial charge in [0.05, 0.1) is 18.7 Å². The normalized spacial score (nSPS) is 20.0. The van der Waals surface area contributed by atoms with E-state index in [9.17, 15) is 0 Å². The molecular formula is C9H11NO2. The van der Waals surface area contributed by atoms with Crippen molar-refractivity contribution in [2.45, 2.75) is 6.04 Å². The Morgan fingerprint density at radius 1 is 1.58 bits per heavy atom. The van der Waals surface area contributed by atoms with E-state index in [1.165, 1.54) is 0 Å². The molecule has 3 heteroatoms. The molecule has 0 aromatic heterocycles. The molecule has 1 heterocycles. The van der Waals surface area contributed by atoms with Gasteiger partial charge in [-0.3, -0.25) is 0 Å². The zero-order chi connectivity index (χ0) is 8.55. The van der Waals surface area contributed by atoms with Gasteiger partial charge in [-0.05, 0) is 12.1 Å². The van der Waals surface area contributed by atoms with Crippen LogP contribution in [0.5, 0.6) is 11.5 Å². The Morgan fingerprint density at radius 2 is 2.42 bits per heavy atom. The first-order chi connectivity index (χ1) is 5.83. The maximum atomic E-state index is 5.82. The van der Waals surface area contributed by atoms with Crippen molar-refractivity contribution >= 4 is 0 Å². The lowest BCUT2D eigenvalue weighted by Gasteiger charge is -2.06. The monoisotopic (exact) mass is 165 g/mol. The third-order valence-electron chi connectivity index (χ3n) is 2.04. The zero-order valence-electron chi connectivity index (χ0n) is 6.91. The van der Waals surface area contributed by atoms with E-state index in [0.717, 1.165) is 17.1 Å². The summed E-state index contributed by atoms with van der Waals surface area (Å²) in [6.45, 7) is 0.551. The van der Waals surface area contributed by atoms with Crippen LogP contribution in [0.4, 0.5) is 0 Å². The molecule has 0 aliphatic carbocycles. The van der Waals surface area contributed by atoms with Gasteiger partial charge >= 0.3 is 0 Å². The molecule has 0 saturated carbocycles. The van der Waals surface area contributed by atoms with Gasteiger partial charge in [0.1, 0.15) is 18.1 Å². The van der Waals surface area contributed by atoms with Crippen LogP contribution in [0, 0.1) is 0 Å². The summed E-state index contributed by atoms with van der Waals surface area (Å²) in [6.07, 6.45) is 0. The number of methoxy groups -OCH3 is 1. The average molecular weight is 165 g/mol. The number of hydrogen-bond acceptors (Lipinski definition) is 3. The number of benzene rings is 1.